The Morgan fingerprint density at radius 3 is 2.20 bits per heavy atom. The van der Waals surface area contributed by atoms with Gasteiger partial charge in [-0.2, -0.15) is 0 Å². The SMILES string of the molecule is O=C1[C@H]2[C@H](C(=O)N1CCO)[C@H]1C=C[C@@H]2C1. The first-order chi connectivity index (χ1) is 7.24. The van der Waals surface area contributed by atoms with Crippen molar-refractivity contribution in [3.8, 4) is 0 Å². The van der Waals surface area contributed by atoms with Crippen LogP contribution in [0.25, 0.3) is 0 Å². The fourth-order valence-electron chi connectivity index (χ4n) is 3.28. The molecule has 4 heteroatoms. The van der Waals surface area contributed by atoms with Gasteiger partial charge < -0.3 is 5.11 Å². The summed E-state index contributed by atoms with van der Waals surface area (Å²) in [5, 5.41) is 8.81. The molecule has 2 amide bonds. The summed E-state index contributed by atoms with van der Waals surface area (Å²) in [5.41, 5.74) is 0. The van der Waals surface area contributed by atoms with Gasteiger partial charge in [-0.3, -0.25) is 14.5 Å². The molecule has 1 heterocycles. The Morgan fingerprint density at radius 1 is 1.20 bits per heavy atom. The number of imide groups is 1. The molecule has 2 aliphatic carbocycles. The van der Waals surface area contributed by atoms with E-state index in [1.807, 2.05) is 0 Å². The molecule has 0 spiro atoms. The number of aliphatic hydroxyl groups excluding tert-OH is 1. The number of likely N-dealkylation sites (tertiary alicyclic amines) is 1. The zero-order valence-corrected chi connectivity index (χ0v) is 8.30. The molecular formula is C11H13NO3. The van der Waals surface area contributed by atoms with Crippen LogP contribution in [0.2, 0.25) is 0 Å². The first kappa shape index (κ1) is 9.09. The lowest BCUT2D eigenvalue weighted by Crippen LogP contribution is -2.35. The first-order valence-electron chi connectivity index (χ1n) is 5.38. The number of aliphatic hydroxyl groups is 1. The maximum absolute atomic E-state index is 11.9. The Bertz CT molecular complexity index is 333. The van der Waals surface area contributed by atoms with E-state index in [1.54, 1.807) is 0 Å². The molecular weight excluding hydrogens is 194 g/mol. The van der Waals surface area contributed by atoms with Crippen LogP contribution in [-0.4, -0.2) is 35.0 Å². The Balaban J connectivity index is 1.93. The molecule has 0 unspecified atom stereocenters. The van der Waals surface area contributed by atoms with Crippen molar-refractivity contribution in [3.63, 3.8) is 0 Å². The number of hydrogen-bond donors (Lipinski definition) is 1. The van der Waals surface area contributed by atoms with Gasteiger partial charge in [-0.1, -0.05) is 12.2 Å². The van der Waals surface area contributed by atoms with E-state index in [-0.39, 0.29) is 48.6 Å². The maximum atomic E-state index is 11.9. The van der Waals surface area contributed by atoms with Crippen molar-refractivity contribution in [2.75, 3.05) is 13.2 Å². The summed E-state index contributed by atoms with van der Waals surface area (Å²) in [7, 11) is 0. The number of nitrogens with zero attached hydrogens (tertiary/aromatic N) is 1. The molecule has 4 atom stereocenters. The van der Waals surface area contributed by atoms with Crippen molar-refractivity contribution in [3.05, 3.63) is 12.2 Å². The van der Waals surface area contributed by atoms with Crippen molar-refractivity contribution >= 4 is 11.8 Å². The van der Waals surface area contributed by atoms with E-state index >= 15 is 0 Å². The van der Waals surface area contributed by atoms with Gasteiger partial charge in [0.1, 0.15) is 0 Å². The average Bonchev–Trinajstić information content (AvgIpc) is 2.87. The van der Waals surface area contributed by atoms with E-state index in [9.17, 15) is 9.59 Å². The van der Waals surface area contributed by atoms with Gasteiger partial charge in [0.25, 0.3) is 0 Å². The lowest BCUT2D eigenvalue weighted by atomic mass is 9.85. The van der Waals surface area contributed by atoms with Gasteiger partial charge in [-0.05, 0) is 18.3 Å². The van der Waals surface area contributed by atoms with Crippen LogP contribution in [0.3, 0.4) is 0 Å². The van der Waals surface area contributed by atoms with Crippen molar-refractivity contribution in [1.29, 1.82) is 0 Å². The number of fused-ring (bicyclic) bond motifs is 5. The topological polar surface area (TPSA) is 57.6 Å². The highest BCUT2D eigenvalue weighted by Gasteiger charge is 2.58. The number of hydrogen-bond acceptors (Lipinski definition) is 3. The summed E-state index contributed by atoms with van der Waals surface area (Å²) in [6.45, 7) is 0.0176. The van der Waals surface area contributed by atoms with Gasteiger partial charge >= 0.3 is 0 Å². The Hall–Kier alpha value is -1.16. The van der Waals surface area contributed by atoms with Crippen LogP contribution >= 0.6 is 0 Å². The van der Waals surface area contributed by atoms with E-state index in [4.69, 9.17) is 5.11 Å². The maximum Gasteiger partial charge on any atom is 0.233 e. The molecule has 2 bridgehead atoms. The Kier molecular flexibility index (Phi) is 1.77. The van der Waals surface area contributed by atoms with E-state index < -0.39 is 0 Å². The molecule has 0 aromatic heterocycles. The summed E-state index contributed by atoms with van der Waals surface area (Å²) >= 11 is 0. The van der Waals surface area contributed by atoms with Crippen LogP contribution in [-0.2, 0) is 9.59 Å². The van der Waals surface area contributed by atoms with Crippen LogP contribution in [0.1, 0.15) is 6.42 Å². The Morgan fingerprint density at radius 2 is 1.73 bits per heavy atom. The highest BCUT2D eigenvalue weighted by Crippen LogP contribution is 2.52. The van der Waals surface area contributed by atoms with Crippen molar-refractivity contribution < 1.29 is 14.7 Å². The molecule has 1 saturated heterocycles. The summed E-state index contributed by atoms with van der Waals surface area (Å²) in [6.07, 6.45) is 5.10. The summed E-state index contributed by atoms with van der Waals surface area (Å²) in [6, 6.07) is 0. The largest absolute Gasteiger partial charge is 0.395 e. The third kappa shape index (κ3) is 1.00. The minimum absolute atomic E-state index is 0.0732. The first-order valence-corrected chi connectivity index (χ1v) is 5.38. The van der Waals surface area contributed by atoms with Crippen molar-refractivity contribution in [2.24, 2.45) is 23.7 Å². The highest BCUT2D eigenvalue weighted by molar-refractivity contribution is 6.06. The number of amides is 2. The van der Waals surface area contributed by atoms with Gasteiger partial charge in [0.15, 0.2) is 0 Å². The standard InChI is InChI=1S/C11H13NO3/c13-4-3-12-10(14)8-6-1-2-7(5-6)9(8)11(12)15/h1-2,6-9,13H,3-5H2/t6-,7+,8-,9-/m1/s1. The average molecular weight is 207 g/mol. The molecule has 3 aliphatic rings. The summed E-state index contributed by atoms with van der Waals surface area (Å²) in [5.74, 6) is 0.130. The zero-order valence-electron chi connectivity index (χ0n) is 8.30. The van der Waals surface area contributed by atoms with Gasteiger partial charge in [0, 0.05) is 0 Å². The second-order valence-electron chi connectivity index (χ2n) is 4.55. The number of carbonyl (C=O) groups is 2. The van der Waals surface area contributed by atoms with Gasteiger partial charge in [0.2, 0.25) is 11.8 Å². The smallest absolute Gasteiger partial charge is 0.233 e. The number of allylic oxidation sites excluding steroid dienone is 2. The summed E-state index contributed by atoms with van der Waals surface area (Å²) in [4.78, 5) is 25.1. The van der Waals surface area contributed by atoms with Crippen molar-refractivity contribution in [1.82, 2.24) is 4.90 Å². The van der Waals surface area contributed by atoms with Crippen LogP contribution < -0.4 is 0 Å². The predicted molar refractivity (Wildman–Crippen MR) is 51.5 cm³/mol. The normalized spacial score (nSPS) is 41.8. The minimum atomic E-state index is -0.139. The predicted octanol–water partition coefficient (Wildman–Crippen LogP) is -0.214. The molecule has 1 saturated carbocycles. The number of carbonyl (C=O) groups excluding carboxylic acids is 2. The van der Waals surface area contributed by atoms with E-state index in [1.165, 1.54) is 4.90 Å². The second-order valence-corrected chi connectivity index (χ2v) is 4.55. The monoisotopic (exact) mass is 207 g/mol. The van der Waals surface area contributed by atoms with Crippen molar-refractivity contribution in [2.45, 2.75) is 6.42 Å². The fraction of sp³-hybridized carbons (Fsp3) is 0.636. The number of β-amino-alcohol motifs (C(OH)–C–C–N with tert-alkyl or cyclic N) is 1. The summed E-state index contributed by atoms with van der Waals surface area (Å²) < 4.78 is 0. The molecule has 0 aromatic rings. The molecule has 15 heavy (non-hydrogen) atoms. The van der Waals surface area contributed by atoms with Crippen LogP contribution in [0.15, 0.2) is 12.2 Å². The fourth-order valence-corrected chi connectivity index (χ4v) is 3.28. The van der Waals surface area contributed by atoms with Gasteiger partial charge in [-0.25, -0.2) is 0 Å². The highest BCUT2D eigenvalue weighted by atomic mass is 16.3. The van der Waals surface area contributed by atoms with Gasteiger partial charge in [0.05, 0.1) is 25.0 Å². The molecule has 1 aliphatic heterocycles. The molecule has 0 radical (unpaired) electrons. The third-order valence-corrected chi connectivity index (χ3v) is 3.89. The van der Waals surface area contributed by atoms with Crippen LogP contribution in [0.5, 0.6) is 0 Å². The van der Waals surface area contributed by atoms with Crippen LogP contribution in [0, 0.1) is 23.7 Å². The molecule has 3 rings (SSSR count). The minimum Gasteiger partial charge on any atom is -0.395 e. The quantitative estimate of drug-likeness (QED) is 0.503. The van der Waals surface area contributed by atoms with Crippen LogP contribution in [0.4, 0.5) is 0 Å². The molecule has 2 fully saturated rings. The molecule has 4 nitrogen and oxygen atoms in total. The molecule has 1 N–H and O–H groups in total. The Labute approximate surface area is 87.6 Å². The third-order valence-electron chi connectivity index (χ3n) is 3.89. The zero-order chi connectivity index (χ0) is 10.6. The van der Waals surface area contributed by atoms with E-state index in [0.29, 0.717) is 0 Å². The van der Waals surface area contributed by atoms with Gasteiger partial charge in [-0.15, -0.1) is 0 Å². The lowest BCUT2D eigenvalue weighted by Gasteiger charge is -2.15. The lowest BCUT2D eigenvalue weighted by molar-refractivity contribution is -0.141. The molecule has 0 aromatic carbocycles. The molecule has 80 valence electrons. The van der Waals surface area contributed by atoms with E-state index in [0.717, 1.165) is 6.42 Å². The number of rotatable bonds is 2. The second kappa shape index (κ2) is 2.92. The van der Waals surface area contributed by atoms with E-state index in [2.05, 4.69) is 12.2 Å².